The van der Waals surface area contributed by atoms with Crippen LogP contribution in [0.4, 0.5) is 11.6 Å². The quantitative estimate of drug-likeness (QED) is 0.544. The molecule has 0 atom stereocenters. The highest BCUT2D eigenvalue weighted by Crippen LogP contribution is 2.18. The summed E-state index contributed by atoms with van der Waals surface area (Å²) in [6, 6.07) is 21.9. The molecule has 1 aromatic heterocycles. The molecule has 0 bridgehead atoms. The summed E-state index contributed by atoms with van der Waals surface area (Å²) in [4.78, 5) is 16.9. The van der Waals surface area contributed by atoms with Gasteiger partial charge < -0.3 is 15.1 Å². The largest absolute Gasteiger partial charge is 0.365 e. The monoisotopic (exact) mass is 499 g/mol. The van der Waals surface area contributed by atoms with E-state index in [1.165, 1.54) is 5.56 Å². The topological polar surface area (TPSA) is 61.4 Å². The van der Waals surface area contributed by atoms with Gasteiger partial charge in [0.25, 0.3) is 5.91 Å². The van der Waals surface area contributed by atoms with Crippen LogP contribution in [0.2, 0.25) is 0 Å². The Bertz CT molecular complexity index is 956. The second kappa shape index (κ2) is 9.21. The van der Waals surface area contributed by atoms with E-state index in [-0.39, 0.29) is 5.91 Å². The molecule has 1 aliphatic heterocycles. The second-order valence-corrected chi connectivity index (χ2v) is 8.04. The molecule has 148 valence electrons. The Balaban J connectivity index is 1.31. The van der Waals surface area contributed by atoms with Crippen molar-refractivity contribution in [3.63, 3.8) is 0 Å². The van der Waals surface area contributed by atoms with Crippen molar-refractivity contribution in [2.45, 2.75) is 6.54 Å². The number of amides is 1. The van der Waals surface area contributed by atoms with E-state index >= 15 is 0 Å². The maximum atomic E-state index is 12.8. The van der Waals surface area contributed by atoms with Gasteiger partial charge in [0, 0.05) is 36.3 Å². The van der Waals surface area contributed by atoms with Crippen molar-refractivity contribution < 1.29 is 4.79 Å². The van der Waals surface area contributed by atoms with Gasteiger partial charge in [-0.3, -0.25) is 4.79 Å². The van der Waals surface area contributed by atoms with Crippen molar-refractivity contribution in [3.05, 3.63) is 81.4 Å². The molecule has 1 aliphatic rings. The maximum Gasteiger partial charge on any atom is 0.255 e. The molecule has 2 heterocycles. The molecule has 1 N–H and O–H groups in total. The van der Waals surface area contributed by atoms with Gasteiger partial charge in [-0.25, -0.2) is 0 Å². The van der Waals surface area contributed by atoms with Crippen molar-refractivity contribution in [2.75, 3.05) is 36.4 Å². The fourth-order valence-corrected chi connectivity index (χ4v) is 3.94. The van der Waals surface area contributed by atoms with Crippen LogP contribution in [0.15, 0.2) is 66.7 Å². The van der Waals surface area contributed by atoms with Crippen LogP contribution in [0.3, 0.4) is 0 Å². The summed E-state index contributed by atoms with van der Waals surface area (Å²) in [5.41, 5.74) is 1.97. The Kier molecular flexibility index (Phi) is 6.24. The zero-order valence-electron chi connectivity index (χ0n) is 16.0. The molecule has 0 spiro atoms. The number of hydrogen-bond donors (Lipinski definition) is 1. The van der Waals surface area contributed by atoms with Gasteiger partial charge in [-0.2, -0.15) is 0 Å². The minimum absolute atomic E-state index is 0.0983. The van der Waals surface area contributed by atoms with Crippen LogP contribution in [-0.4, -0.2) is 47.2 Å². The molecule has 7 heteroatoms. The van der Waals surface area contributed by atoms with Crippen LogP contribution in [-0.2, 0) is 6.54 Å². The molecule has 1 amide bonds. The van der Waals surface area contributed by atoms with Crippen molar-refractivity contribution in [1.82, 2.24) is 15.1 Å². The first kappa shape index (κ1) is 19.6. The Morgan fingerprint density at radius 2 is 1.62 bits per heavy atom. The number of carbonyl (C=O) groups is 1. The van der Waals surface area contributed by atoms with E-state index in [2.05, 4.69) is 55.1 Å². The predicted molar refractivity (Wildman–Crippen MR) is 123 cm³/mol. The number of aromatic nitrogens is 2. The first-order valence-corrected chi connectivity index (χ1v) is 10.7. The molecule has 1 fully saturated rings. The number of rotatable bonds is 5. The van der Waals surface area contributed by atoms with E-state index in [4.69, 9.17) is 0 Å². The number of halogens is 1. The lowest BCUT2D eigenvalue weighted by Gasteiger charge is -2.35. The van der Waals surface area contributed by atoms with Crippen molar-refractivity contribution in [3.8, 4) is 0 Å². The van der Waals surface area contributed by atoms with Gasteiger partial charge in [-0.1, -0.05) is 42.5 Å². The number of piperazine rings is 1. The van der Waals surface area contributed by atoms with E-state index in [1.807, 2.05) is 59.5 Å². The van der Waals surface area contributed by atoms with Crippen molar-refractivity contribution in [1.29, 1.82) is 0 Å². The van der Waals surface area contributed by atoms with Gasteiger partial charge in [-0.15, -0.1) is 10.2 Å². The van der Waals surface area contributed by atoms with Crippen molar-refractivity contribution >= 4 is 40.1 Å². The first-order valence-electron chi connectivity index (χ1n) is 9.61. The molecular formula is C22H22IN5O. The number of anilines is 2. The van der Waals surface area contributed by atoms with E-state index in [0.29, 0.717) is 19.6 Å². The van der Waals surface area contributed by atoms with Gasteiger partial charge in [-0.05, 0) is 52.4 Å². The van der Waals surface area contributed by atoms with Crippen LogP contribution in [0, 0.1) is 3.57 Å². The first-order chi connectivity index (χ1) is 14.2. The molecule has 0 radical (unpaired) electrons. The maximum absolute atomic E-state index is 12.8. The van der Waals surface area contributed by atoms with Crippen LogP contribution < -0.4 is 10.2 Å². The molecule has 0 unspecified atom stereocenters. The number of nitrogens with one attached hydrogen (secondary N) is 1. The molecular weight excluding hydrogens is 477 g/mol. The molecule has 0 saturated carbocycles. The fraction of sp³-hybridized carbons (Fsp3) is 0.227. The number of nitrogens with zero attached hydrogens (tertiary/aromatic N) is 4. The highest BCUT2D eigenvalue weighted by molar-refractivity contribution is 14.1. The Hall–Kier alpha value is -2.68. The summed E-state index contributed by atoms with van der Waals surface area (Å²) in [5, 5.41) is 12.0. The number of carbonyl (C=O) groups excluding carboxylic acids is 1. The summed E-state index contributed by atoms with van der Waals surface area (Å²) in [6.45, 7) is 3.58. The van der Waals surface area contributed by atoms with E-state index in [1.54, 1.807) is 0 Å². The summed E-state index contributed by atoms with van der Waals surface area (Å²) >= 11 is 2.22. The van der Waals surface area contributed by atoms with Gasteiger partial charge in [0.05, 0.1) is 5.56 Å². The minimum Gasteiger partial charge on any atom is -0.365 e. The molecule has 1 saturated heterocycles. The number of benzene rings is 2. The van der Waals surface area contributed by atoms with Crippen molar-refractivity contribution in [2.24, 2.45) is 0 Å². The summed E-state index contributed by atoms with van der Waals surface area (Å²) in [6.07, 6.45) is 0. The zero-order chi connectivity index (χ0) is 20.1. The lowest BCUT2D eigenvalue weighted by molar-refractivity contribution is 0.0745. The minimum atomic E-state index is 0.0983. The van der Waals surface area contributed by atoms with Gasteiger partial charge in [0.1, 0.15) is 5.82 Å². The SMILES string of the molecule is O=C(c1ccccc1I)N1CCN(c2ccc(NCc3ccccc3)nn2)CC1. The average molecular weight is 499 g/mol. The predicted octanol–water partition coefficient (Wildman–Crippen LogP) is 3.66. The van der Waals surface area contributed by atoms with Gasteiger partial charge in [0.15, 0.2) is 5.82 Å². The molecule has 6 nitrogen and oxygen atoms in total. The van der Waals surface area contributed by atoms with Gasteiger partial charge >= 0.3 is 0 Å². The average Bonchev–Trinajstić information content (AvgIpc) is 2.79. The highest BCUT2D eigenvalue weighted by Gasteiger charge is 2.24. The normalized spacial score (nSPS) is 14.0. The lowest BCUT2D eigenvalue weighted by atomic mass is 10.2. The highest BCUT2D eigenvalue weighted by atomic mass is 127. The van der Waals surface area contributed by atoms with Gasteiger partial charge in [0.2, 0.25) is 0 Å². The van der Waals surface area contributed by atoms with E-state index in [0.717, 1.165) is 33.9 Å². The van der Waals surface area contributed by atoms with Crippen LogP contribution in [0.5, 0.6) is 0 Å². The molecule has 2 aromatic carbocycles. The molecule has 29 heavy (non-hydrogen) atoms. The van der Waals surface area contributed by atoms with Crippen LogP contribution >= 0.6 is 22.6 Å². The second-order valence-electron chi connectivity index (χ2n) is 6.88. The molecule has 4 rings (SSSR count). The Morgan fingerprint density at radius 3 is 2.31 bits per heavy atom. The Morgan fingerprint density at radius 1 is 0.897 bits per heavy atom. The third-order valence-corrected chi connectivity index (χ3v) is 5.90. The standard InChI is InChI=1S/C22H22IN5O/c23-19-9-5-4-8-18(19)22(29)28-14-12-27(13-15-28)21-11-10-20(25-26-21)24-16-17-6-2-1-3-7-17/h1-11H,12-16H2,(H,24,25). The number of hydrogen-bond acceptors (Lipinski definition) is 5. The smallest absolute Gasteiger partial charge is 0.255 e. The van der Waals surface area contributed by atoms with Crippen LogP contribution in [0.1, 0.15) is 15.9 Å². The molecule has 3 aromatic rings. The molecule has 0 aliphatic carbocycles. The third-order valence-electron chi connectivity index (χ3n) is 4.96. The summed E-state index contributed by atoms with van der Waals surface area (Å²) in [5.74, 6) is 1.70. The lowest BCUT2D eigenvalue weighted by Crippen LogP contribution is -2.49. The summed E-state index contributed by atoms with van der Waals surface area (Å²) < 4.78 is 0.988. The summed E-state index contributed by atoms with van der Waals surface area (Å²) in [7, 11) is 0. The Labute approximate surface area is 184 Å². The zero-order valence-corrected chi connectivity index (χ0v) is 18.1. The fourth-order valence-electron chi connectivity index (χ4n) is 3.32. The van der Waals surface area contributed by atoms with Crippen LogP contribution in [0.25, 0.3) is 0 Å². The third kappa shape index (κ3) is 4.84. The van der Waals surface area contributed by atoms with E-state index in [9.17, 15) is 4.79 Å². The van der Waals surface area contributed by atoms with E-state index < -0.39 is 0 Å².